The Bertz CT molecular complexity index is 457. The third kappa shape index (κ3) is 2.20. The molecule has 1 aliphatic rings. The molecule has 1 aromatic rings. The third-order valence-electron chi connectivity index (χ3n) is 2.67. The summed E-state index contributed by atoms with van der Waals surface area (Å²) in [6, 6.07) is 0.468. The molecule has 2 heterocycles. The average molecular weight is 304 g/mol. The lowest BCUT2D eigenvalue weighted by molar-refractivity contribution is -0.141. The number of halogens is 1. The van der Waals surface area contributed by atoms with Crippen molar-refractivity contribution in [2.24, 2.45) is 0 Å². The van der Waals surface area contributed by atoms with Gasteiger partial charge in [0.05, 0.1) is 17.9 Å². The first-order chi connectivity index (χ1) is 8.00. The second kappa shape index (κ2) is 4.50. The Balaban J connectivity index is 2.25. The molecule has 2 unspecified atom stereocenters. The van der Waals surface area contributed by atoms with Gasteiger partial charge in [-0.2, -0.15) is 0 Å². The molecule has 7 heteroatoms. The predicted octanol–water partition coefficient (Wildman–Crippen LogP) is 0.702. The molecule has 1 aromatic heterocycles. The number of carboxylic acids is 1. The maximum atomic E-state index is 12.1. The topological polar surface area (TPSA) is 91.0 Å². The van der Waals surface area contributed by atoms with Gasteiger partial charge in [0.2, 0.25) is 0 Å². The lowest BCUT2D eigenvalue weighted by Crippen LogP contribution is -2.40. The van der Waals surface area contributed by atoms with Gasteiger partial charge in [-0.3, -0.25) is 4.79 Å². The van der Waals surface area contributed by atoms with Crippen molar-refractivity contribution in [3.05, 3.63) is 22.6 Å². The number of amides is 1. The lowest BCUT2D eigenvalue weighted by Gasteiger charge is -2.20. The van der Waals surface area contributed by atoms with Crippen LogP contribution in [-0.2, 0) is 4.79 Å². The van der Waals surface area contributed by atoms with Crippen molar-refractivity contribution in [3.8, 4) is 0 Å². The van der Waals surface area contributed by atoms with Crippen molar-refractivity contribution in [1.29, 1.82) is 0 Å². The number of aliphatic carboxylic acids is 1. The molecule has 6 nitrogen and oxygen atoms in total. The van der Waals surface area contributed by atoms with E-state index in [-0.39, 0.29) is 23.2 Å². The fraction of sp³-hybridized carbons (Fsp3) is 0.400. The fourth-order valence-corrected chi connectivity index (χ4v) is 2.28. The summed E-state index contributed by atoms with van der Waals surface area (Å²) in [5, 5.41) is 18.4. The molecule has 0 aliphatic carbocycles. The van der Waals surface area contributed by atoms with E-state index in [1.807, 2.05) is 0 Å². The van der Waals surface area contributed by atoms with E-state index in [1.165, 1.54) is 12.3 Å². The van der Waals surface area contributed by atoms with E-state index in [1.54, 1.807) is 0 Å². The third-order valence-corrected chi connectivity index (χ3v) is 3.29. The molecule has 0 aromatic carbocycles. The molecule has 2 rings (SSSR count). The van der Waals surface area contributed by atoms with Gasteiger partial charge in [0.25, 0.3) is 5.91 Å². The number of β-amino-alcohol motifs (C(OH)–C–C–N with tert-alkyl or cyclic N) is 1. The highest BCUT2D eigenvalue weighted by Crippen LogP contribution is 2.25. The summed E-state index contributed by atoms with van der Waals surface area (Å²) in [5.74, 6) is -1.58. The molecule has 0 spiro atoms. The van der Waals surface area contributed by atoms with E-state index in [4.69, 9.17) is 9.52 Å². The zero-order chi connectivity index (χ0) is 12.6. The Kier molecular flexibility index (Phi) is 3.21. The minimum atomic E-state index is -1.12. The van der Waals surface area contributed by atoms with E-state index < -0.39 is 24.0 Å². The summed E-state index contributed by atoms with van der Waals surface area (Å²) in [6.07, 6.45) is 0.585. The van der Waals surface area contributed by atoms with E-state index in [2.05, 4.69) is 15.9 Å². The number of nitrogens with zero attached hydrogens (tertiary/aromatic N) is 1. The van der Waals surface area contributed by atoms with Gasteiger partial charge in [-0.15, -0.1) is 0 Å². The maximum absolute atomic E-state index is 12.1. The number of carbonyl (C=O) groups is 2. The number of aliphatic hydroxyl groups is 1. The number of likely N-dealkylation sites (tertiary alicyclic amines) is 1. The number of rotatable bonds is 2. The van der Waals surface area contributed by atoms with Crippen molar-refractivity contribution in [3.63, 3.8) is 0 Å². The molecule has 0 bridgehead atoms. The summed E-state index contributed by atoms with van der Waals surface area (Å²) < 4.78 is 5.18. The smallest absolute Gasteiger partial charge is 0.326 e. The van der Waals surface area contributed by atoms with Crippen LogP contribution in [0.15, 0.2) is 21.4 Å². The standard InChI is InChI=1S/C10H10BrNO5/c11-8-6(1-2-17-8)9(14)12-4-5(13)3-7(12)10(15)16/h1-2,5,7,13H,3-4H2,(H,15,16). The predicted molar refractivity (Wildman–Crippen MR) is 59.5 cm³/mol. The van der Waals surface area contributed by atoms with Crippen molar-refractivity contribution >= 4 is 27.8 Å². The van der Waals surface area contributed by atoms with Gasteiger partial charge in [-0.25, -0.2) is 4.79 Å². The quantitative estimate of drug-likeness (QED) is 0.839. The van der Waals surface area contributed by atoms with Crippen LogP contribution in [-0.4, -0.2) is 45.7 Å². The van der Waals surface area contributed by atoms with Crippen LogP contribution in [0.1, 0.15) is 16.8 Å². The van der Waals surface area contributed by atoms with Crippen molar-refractivity contribution < 1.29 is 24.2 Å². The summed E-state index contributed by atoms with van der Waals surface area (Å²) in [4.78, 5) is 24.2. The molecule has 1 saturated heterocycles. The van der Waals surface area contributed by atoms with Crippen molar-refractivity contribution in [2.45, 2.75) is 18.6 Å². The van der Waals surface area contributed by atoms with E-state index in [9.17, 15) is 14.7 Å². The Labute approximate surface area is 105 Å². The van der Waals surface area contributed by atoms with Gasteiger partial charge in [0, 0.05) is 13.0 Å². The summed E-state index contributed by atoms with van der Waals surface area (Å²) in [7, 11) is 0. The second-order valence-corrected chi connectivity index (χ2v) is 4.53. The Hall–Kier alpha value is -1.34. The lowest BCUT2D eigenvalue weighted by atomic mass is 10.2. The summed E-state index contributed by atoms with van der Waals surface area (Å²) >= 11 is 3.06. The van der Waals surface area contributed by atoms with Gasteiger partial charge < -0.3 is 19.5 Å². The first kappa shape index (κ1) is 12.1. The zero-order valence-electron chi connectivity index (χ0n) is 8.67. The Morgan fingerprint density at radius 2 is 2.24 bits per heavy atom. The highest BCUT2D eigenvalue weighted by molar-refractivity contribution is 9.10. The molecule has 92 valence electrons. The Morgan fingerprint density at radius 1 is 1.53 bits per heavy atom. The van der Waals surface area contributed by atoms with Gasteiger partial charge in [0.1, 0.15) is 6.04 Å². The largest absolute Gasteiger partial charge is 0.480 e. The molecule has 1 fully saturated rings. The van der Waals surface area contributed by atoms with Gasteiger partial charge in [-0.1, -0.05) is 0 Å². The molecular formula is C10H10BrNO5. The van der Waals surface area contributed by atoms with E-state index >= 15 is 0 Å². The Morgan fingerprint density at radius 3 is 2.76 bits per heavy atom. The zero-order valence-corrected chi connectivity index (χ0v) is 10.3. The van der Waals surface area contributed by atoms with Crippen molar-refractivity contribution in [2.75, 3.05) is 6.54 Å². The van der Waals surface area contributed by atoms with Crippen LogP contribution in [0.2, 0.25) is 0 Å². The number of hydrogen-bond acceptors (Lipinski definition) is 4. The number of carboxylic acid groups (broad SMARTS) is 1. The SMILES string of the molecule is O=C(O)C1CC(O)CN1C(=O)c1ccoc1Br. The van der Waals surface area contributed by atoms with E-state index in [0.29, 0.717) is 0 Å². The highest BCUT2D eigenvalue weighted by Gasteiger charge is 2.39. The van der Waals surface area contributed by atoms with Crippen LogP contribution < -0.4 is 0 Å². The van der Waals surface area contributed by atoms with Gasteiger partial charge in [-0.05, 0) is 22.0 Å². The van der Waals surface area contributed by atoms with Crippen LogP contribution in [0.3, 0.4) is 0 Å². The minimum absolute atomic E-state index is 0.0212. The molecular weight excluding hydrogens is 294 g/mol. The molecule has 2 N–H and O–H groups in total. The number of carbonyl (C=O) groups excluding carboxylic acids is 1. The van der Waals surface area contributed by atoms with Gasteiger partial charge >= 0.3 is 5.97 Å². The molecule has 0 saturated carbocycles. The molecule has 2 atom stereocenters. The molecule has 0 radical (unpaired) electrons. The second-order valence-electron chi connectivity index (χ2n) is 3.81. The van der Waals surface area contributed by atoms with Crippen LogP contribution in [0.4, 0.5) is 0 Å². The average Bonchev–Trinajstić information content (AvgIpc) is 2.83. The number of hydrogen-bond donors (Lipinski definition) is 2. The monoisotopic (exact) mass is 303 g/mol. The van der Waals surface area contributed by atoms with Crippen LogP contribution >= 0.6 is 15.9 Å². The van der Waals surface area contributed by atoms with Crippen LogP contribution in [0, 0.1) is 0 Å². The number of aliphatic hydroxyl groups excluding tert-OH is 1. The first-order valence-corrected chi connectivity index (χ1v) is 5.75. The molecule has 1 amide bonds. The van der Waals surface area contributed by atoms with E-state index in [0.717, 1.165) is 4.90 Å². The summed E-state index contributed by atoms with van der Waals surface area (Å²) in [6.45, 7) is 0.0212. The molecule has 17 heavy (non-hydrogen) atoms. The van der Waals surface area contributed by atoms with Crippen molar-refractivity contribution in [1.82, 2.24) is 4.90 Å². The summed E-state index contributed by atoms with van der Waals surface area (Å²) in [5.41, 5.74) is 0.255. The van der Waals surface area contributed by atoms with Gasteiger partial charge in [0.15, 0.2) is 4.67 Å². The first-order valence-electron chi connectivity index (χ1n) is 4.95. The maximum Gasteiger partial charge on any atom is 0.326 e. The normalized spacial score (nSPS) is 24.0. The van der Waals surface area contributed by atoms with Crippen LogP contribution in [0.5, 0.6) is 0 Å². The minimum Gasteiger partial charge on any atom is -0.480 e. The molecule has 1 aliphatic heterocycles. The fourth-order valence-electron chi connectivity index (χ4n) is 1.87. The highest BCUT2D eigenvalue weighted by atomic mass is 79.9. The van der Waals surface area contributed by atoms with Crippen LogP contribution in [0.25, 0.3) is 0 Å². The number of furan rings is 1.